The molecule has 2 heterocycles. The smallest absolute Gasteiger partial charge is 0.315 e. The summed E-state index contributed by atoms with van der Waals surface area (Å²) in [6.45, 7) is 6.61. The van der Waals surface area contributed by atoms with Crippen LogP contribution < -0.4 is 16.0 Å². The highest BCUT2D eigenvalue weighted by Gasteiger charge is 2.19. The number of likely N-dealkylation sites (tertiary alicyclic amines) is 1. The van der Waals surface area contributed by atoms with E-state index in [0.29, 0.717) is 13.1 Å². The Balaban J connectivity index is 1.35. The van der Waals surface area contributed by atoms with Crippen LogP contribution in [-0.2, 0) is 0 Å². The van der Waals surface area contributed by atoms with Crippen LogP contribution in [0.1, 0.15) is 19.8 Å². The van der Waals surface area contributed by atoms with Gasteiger partial charge in [-0.05, 0) is 37.6 Å². The molecule has 2 aromatic rings. The number of aromatic nitrogens is 1. The highest BCUT2D eigenvalue weighted by Crippen LogP contribution is 2.14. The van der Waals surface area contributed by atoms with Gasteiger partial charge < -0.3 is 20.9 Å². The normalized spacial score (nSPS) is 15.9. The van der Waals surface area contributed by atoms with Gasteiger partial charge in [0.1, 0.15) is 5.82 Å². The minimum atomic E-state index is -0.0804. The molecule has 1 aliphatic rings. The second kappa shape index (κ2) is 8.67. The van der Waals surface area contributed by atoms with Crippen molar-refractivity contribution in [1.29, 1.82) is 0 Å². The van der Waals surface area contributed by atoms with Crippen molar-refractivity contribution in [2.45, 2.75) is 25.8 Å². The quantitative estimate of drug-likeness (QED) is 0.706. The molecule has 6 nitrogen and oxygen atoms in total. The average molecular weight is 341 g/mol. The summed E-state index contributed by atoms with van der Waals surface area (Å²) in [5, 5.41) is 10.3. The van der Waals surface area contributed by atoms with E-state index in [9.17, 15) is 4.79 Å². The zero-order valence-corrected chi connectivity index (χ0v) is 14.8. The lowest BCUT2D eigenvalue weighted by molar-refractivity contribution is 0.198. The van der Waals surface area contributed by atoms with E-state index in [1.54, 1.807) is 0 Å². The number of amides is 2. The van der Waals surface area contributed by atoms with Crippen molar-refractivity contribution in [3.05, 3.63) is 36.4 Å². The Morgan fingerprint density at radius 2 is 1.96 bits per heavy atom. The molecule has 134 valence electrons. The summed E-state index contributed by atoms with van der Waals surface area (Å²) >= 11 is 0. The molecule has 1 aromatic carbocycles. The van der Waals surface area contributed by atoms with Crippen LogP contribution in [0.3, 0.4) is 0 Å². The monoisotopic (exact) mass is 341 g/mol. The van der Waals surface area contributed by atoms with E-state index >= 15 is 0 Å². The van der Waals surface area contributed by atoms with Crippen LogP contribution in [0.15, 0.2) is 36.4 Å². The number of anilines is 1. The maximum absolute atomic E-state index is 12.0. The Morgan fingerprint density at radius 3 is 2.76 bits per heavy atom. The van der Waals surface area contributed by atoms with Crippen molar-refractivity contribution in [2.24, 2.45) is 0 Å². The van der Waals surface area contributed by atoms with Gasteiger partial charge in [0, 0.05) is 37.6 Å². The van der Waals surface area contributed by atoms with Crippen molar-refractivity contribution in [3.63, 3.8) is 0 Å². The second-order valence-electron chi connectivity index (χ2n) is 6.42. The Bertz CT molecular complexity index is 697. The first-order valence-corrected chi connectivity index (χ1v) is 9.11. The Labute approximate surface area is 149 Å². The standard InChI is InChI=1S/C19H27N5O/c1-2-24-13-9-16(10-14-24)22-19(25)21-12-11-20-18-8-7-15-5-3-4-6-17(15)23-18/h3-8,16H,2,9-14H2,1H3,(H,20,23)(H2,21,22,25). The minimum absolute atomic E-state index is 0.0804. The third-order valence-corrected chi connectivity index (χ3v) is 4.69. The topological polar surface area (TPSA) is 69.3 Å². The lowest BCUT2D eigenvalue weighted by Crippen LogP contribution is -2.48. The molecule has 6 heteroatoms. The molecule has 3 N–H and O–H groups in total. The fourth-order valence-electron chi connectivity index (χ4n) is 3.16. The van der Waals surface area contributed by atoms with Crippen LogP contribution in [0.25, 0.3) is 10.9 Å². The SMILES string of the molecule is CCN1CCC(NC(=O)NCCNc2ccc3ccccc3n2)CC1. The molecular weight excluding hydrogens is 314 g/mol. The van der Waals surface area contributed by atoms with Crippen LogP contribution in [0.4, 0.5) is 10.6 Å². The molecule has 1 aromatic heterocycles. The van der Waals surface area contributed by atoms with E-state index < -0.39 is 0 Å². The van der Waals surface area contributed by atoms with E-state index in [1.165, 1.54) is 0 Å². The first kappa shape index (κ1) is 17.5. The van der Waals surface area contributed by atoms with Gasteiger partial charge in [-0.25, -0.2) is 9.78 Å². The van der Waals surface area contributed by atoms with Crippen LogP contribution in [-0.4, -0.2) is 54.7 Å². The fraction of sp³-hybridized carbons (Fsp3) is 0.474. The van der Waals surface area contributed by atoms with E-state index in [2.05, 4.69) is 32.8 Å². The number of hydrogen-bond donors (Lipinski definition) is 3. The summed E-state index contributed by atoms with van der Waals surface area (Å²) < 4.78 is 0. The van der Waals surface area contributed by atoms with Crippen molar-refractivity contribution in [3.8, 4) is 0 Å². The molecule has 1 aliphatic heterocycles. The molecule has 0 aliphatic carbocycles. The number of benzene rings is 1. The van der Waals surface area contributed by atoms with Crippen molar-refractivity contribution >= 4 is 22.8 Å². The number of urea groups is 1. The zero-order valence-electron chi connectivity index (χ0n) is 14.8. The van der Waals surface area contributed by atoms with E-state index in [-0.39, 0.29) is 12.1 Å². The predicted octanol–water partition coefficient (Wildman–Crippen LogP) is 2.43. The van der Waals surface area contributed by atoms with Crippen LogP contribution in [0.2, 0.25) is 0 Å². The molecular formula is C19H27N5O. The zero-order chi connectivity index (χ0) is 17.5. The lowest BCUT2D eigenvalue weighted by Gasteiger charge is -2.31. The Morgan fingerprint density at radius 1 is 1.16 bits per heavy atom. The van der Waals surface area contributed by atoms with E-state index in [0.717, 1.165) is 49.2 Å². The second-order valence-corrected chi connectivity index (χ2v) is 6.42. The summed E-state index contributed by atoms with van der Waals surface area (Å²) in [5.41, 5.74) is 0.969. The summed E-state index contributed by atoms with van der Waals surface area (Å²) in [4.78, 5) is 18.9. The summed E-state index contributed by atoms with van der Waals surface area (Å²) in [5.74, 6) is 0.827. The summed E-state index contributed by atoms with van der Waals surface area (Å²) in [7, 11) is 0. The molecule has 1 fully saturated rings. The number of nitrogens with one attached hydrogen (secondary N) is 3. The average Bonchev–Trinajstić information content (AvgIpc) is 2.66. The molecule has 25 heavy (non-hydrogen) atoms. The number of pyridine rings is 1. The number of hydrogen-bond acceptors (Lipinski definition) is 4. The number of fused-ring (bicyclic) bond motifs is 1. The molecule has 0 spiro atoms. The van der Waals surface area contributed by atoms with Gasteiger partial charge in [0.15, 0.2) is 0 Å². The predicted molar refractivity (Wildman–Crippen MR) is 102 cm³/mol. The first-order chi connectivity index (χ1) is 12.2. The van der Waals surface area contributed by atoms with Gasteiger partial charge in [0.05, 0.1) is 5.52 Å². The van der Waals surface area contributed by atoms with Crippen molar-refractivity contribution in [2.75, 3.05) is 38.0 Å². The van der Waals surface area contributed by atoms with E-state index in [1.807, 2.05) is 36.4 Å². The number of para-hydroxylation sites is 1. The molecule has 3 rings (SSSR count). The Kier molecular flexibility index (Phi) is 6.06. The summed E-state index contributed by atoms with van der Waals surface area (Å²) in [6.07, 6.45) is 2.06. The molecule has 0 saturated carbocycles. The molecule has 0 unspecified atom stereocenters. The first-order valence-electron chi connectivity index (χ1n) is 9.11. The minimum Gasteiger partial charge on any atom is -0.368 e. The maximum Gasteiger partial charge on any atom is 0.315 e. The molecule has 0 bridgehead atoms. The highest BCUT2D eigenvalue weighted by atomic mass is 16.2. The largest absolute Gasteiger partial charge is 0.368 e. The number of carbonyl (C=O) groups excluding carboxylic acids is 1. The fourth-order valence-corrected chi connectivity index (χ4v) is 3.16. The number of carbonyl (C=O) groups is 1. The lowest BCUT2D eigenvalue weighted by atomic mass is 10.1. The van der Waals surface area contributed by atoms with Gasteiger partial charge in [-0.15, -0.1) is 0 Å². The van der Waals surface area contributed by atoms with Gasteiger partial charge >= 0.3 is 6.03 Å². The number of nitrogens with zero attached hydrogens (tertiary/aromatic N) is 2. The van der Waals surface area contributed by atoms with Crippen molar-refractivity contribution in [1.82, 2.24) is 20.5 Å². The molecule has 0 atom stereocenters. The van der Waals surface area contributed by atoms with Gasteiger partial charge in [0.25, 0.3) is 0 Å². The van der Waals surface area contributed by atoms with E-state index in [4.69, 9.17) is 0 Å². The molecule has 2 amide bonds. The van der Waals surface area contributed by atoms with Crippen LogP contribution in [0, 0.1) is 0 Å². The number of rotatable bonds is 6. The van der Waals surface area contributed by atoms with Gasteiger partial charge in [0.2, 0.25) is 0 Å². The van der Waals surface area contributed by atoms with Crippen LogP contribution >= 0.6 is 0 Å². The van der Waals surface area contributed by atoms with Gasteiger partial charge in [-0.1, -0.05) is 25.1 Å². The molecule has 1 saturated heterocycles. The summed E-state index contributed by atoms with van der Waals surface area (Å²) in [6, 6.07) is 12.2. The molecule has 0 radical (unpaired) electrons. The van der Waals surface area contributed by atoms with Crippen molar-refractivity contribution < 1.29 is 4.79 Å². The van der Waals surface area contributed by atoms with Gasteiger partial charge in [-0.3, -0.25) is 0 Å². The third-order valence-electron chi connectivity index (χ3n) is 4.69. The third kappa shape index (κ3) is 5.06. The Hall–Kier alpha value is -2.34. The maximum atomic E-state index is 12.0. The highest BCUT2D eigenvalue weighted by molar-refractivity contribution is 5.80. The van der Waals surface area contributed by atoms with Gasteiger partial charge in [-0.2, -0.15) is 0 Å². The number of piperidine rings is 1. The van der Waals surface area contributed by atoms with Crippen LogP contribution in [0.5, 0.6) is 0 Å².